The Morgan fingerprint density at radius 3 is 2.50 bits per heavy atom. The number of hydrogen-bond donors (Lipinski definition) is 2. The minimum atomic E-state index is -1.21. The number of rotatable bonds is 2. The van der Waals surface area contributed by atoms with Crippen molar-refractivity contribution in [3.8, 4) is 0 Å². The highest BCUT2D eigenvalue weighted by atomic mass is 35.5. The first-order valence-electron chi connectivity index (χ1n) is 7.97. The average molecular weight is 349 g/mol. The molecule has 5 nitrogen and oxygen atoms in total. The van der Waals surface area contributed by atoms with Crippen molar-refractivity contribution in [3.63, 3.8) is 0 Å². The maximum Gasteiger partial charge on any atom is 0.239 e. The molecule has 1 aromatic rings. The number of halogens is 1. The van der Waals surface area contributed by atoms with Crippen molar-refractivity contribution in [2.24, 2.45) is 21.4 Å². The van der Waals surface area contributed by atoms with Gasteiger partial charge in [-0.3, -0.25) is 9.59 Å². The second-order valence-electron chi connectivity index (χ2n) is 7.55. The molecule has 0 aliphatic heterocycles. The fourth-order valence-electron chi connectivity index (χ4n) is 4.45. The number of amides is 1. The lowest BCUT2D eigenvalue weighted by Gasteiger charge is -2.37. The molecule has 2 aliphatic rings. The summed E-state index contributed by atoms with van der Waals surface area (Å²) in [6.07, 6.45) is 1.09. The first kappa shape index (κ1) is 17.0. The van der Waals surface area contributed by atoms with Crippen LogP contribution in [0.15, 0.2) is 23.4 Å². The molecule has 0 heterocycles. The third kappa shape index (κ3) is 1.79. The van der Waals surface area contributed by atoms with E-state index in [0.717, 1.165) is 5.56 Å². The van der Waals surface area contributed by atoms with Crippen molar-refractivity contribution in [1.29, 1.82) is 0 Å². The number of nitrogens with one attached hydrogen (secondary N) is 1. The summed E-state index contributed by atoms with van der Waals surface area (Å²) in [4.78, 5) is 26.1. The molecule has 0 spiro atoms. The van der Waals surface area contributed by atoms with Gasteiger partial charge in [-0.1, -0.05) is 37.5 Å². The second-order valence-corrected chi connectivity index (χ2v) is 7.99. The molecule has 3 rings (SSSR count). The number of Topliss-reactive ketones (excluding diaryl/α,β-unsaturated/α-hetero) is 1. The van der Waals surface area contributed by atoms with Crippen molar-refractivity contribution in [2.75, 3.05) is 5.32 Å². The molecule has 6 heteroatoms. The van der Waals surface area contributed by atoms with Gasteiger partial charge in [0.2, 0.25) is 5.91 Å². The van der Waals surface area contributed by atoms with E-state index in [-0.39, 0.29) is 17.4 Å². The van der Waals surface area contributed by atoms with E-state index < -0.39 is 16.2 Å². The van der Waals surface area contributed by atoms with Crippen molar-refractivity contribution in [1.82, 2.24) is 0 Å². The largest absolute Gasteiger partial charge is 0.411 e. The molecule has 2 saturated carbocycles. The van der Waals surface area contributed by atoms with E-state index in [4.69, 9.17) is 11.6 Å². The van der Waals surface area contributed by atoms with Crippen LogP contribution in [0, 0.1) is 23.2 Å². The van der Waals surface area contributed by atoms with Gasteiger partial charge in [-0.2, -0.15) is 0 Å². The highest BCUT2D eigenvalue weighted by Crippen LogP contribution is 2.69. The molecule has 0 aromatic heterocycles. The zero-order valence-corrected chi connectivity index (χ0v) is 15.0. The number of carbonyl (C=O) groups excluding carboxylic acids is 2. The van der Waals surface area contributed by atoms with Crippen molar-refractivity contribution in [2.45, 2.75) is 40.5 Å². The summed E-state index contributed by atoms with van der Waals surface area (Å²) in [5.41, 5.74) is -0.886. The van der Waals surface area contributed by atoms with Gasteiger partial charge in [-0.05, 0) is 48.9 Å². The molecule has 2 bridgehead atoms. The number of ketones is 1. The lowest BCUT2D eigenvalue weighted by Crippen LogP contribution is -2.47. The Morgan fingerprint density at radius 2 is 1.96 bits per heavy atom. The number of anilines is 1. The van der Waals surface area contributed by atoms with Gasteiger partial charge in [-0.25, -0.2) is 0 Å². The number of hydrogen-bond acceptors (Lipinski definition) is 4. The normalized spacial score (nSPS) is 32.4. The molecule has 24 heavy (non-hydrogen) atoms. The van der Waals surface area contributed by atoms with Crippen LogP contribution in [0.2, 0.25) is 5.02 Å². The molecule has 1 amide bonds. The molecule has 0 radical (unpaired) electrons. The lowest BCUT2D eigenvalue weighted by molar-refractivity contribution is -0.140. The summed E-state index contributed by atoms with van der Waals surface area (Å²) in [6.45, 7) is 7.56. The van der Waals surface area contributed by atoms with Crippen LogP contribution in [-0.4, -0.2) is 22.6 Å². The second kappa shape index (κ2) is 5.06. The summed E-state index contributed by atoms with van der Waals surface area (Å²) in [5.74, 6) is -0.710. The number of benzene rings is 1. The van der Waals surface area contributed by atoms with Gasteiger partial charge in [0.05, 0.1) is 0 Å². The van der Waals surface area contributed by atoms with Gasteiger partial charge in [0, 0.05) is 16.1 Å². The minimum absolute atomic E-state index is 0.113. The van der Waals surface area contributed by atoms with Crippen molar-refractivity contribution < 1.29 is 14.8 Å². The Hall–Kier alpha value is -1.88. The van der Waals surface area contributed by atoms with Crippen LogP contribution in [0.5, 0.6) is 0 Å². The molecular formula is C18H21ClN2O3. The molecule has 2 atom stereocenters. The average Bonchev–Trinajstić information content (AvgIpc) is 2.78. The number of carbonyl (C=O) groups is 2. The van der Waals surface area contributed by atoms with Gasteiger partial charge >= 0.3 is 0 Å². The van der Waals surface area contributed by atoms with Crippen LogP contribution >= 0.6 is 11.6 Å². The third-order valence-corrected chi connectivity index (χ3v) is 6.73. The van der Waals surface area contributed by atoms with E-state index in [1.54, 1.807) is 18.2 Å². The highest BCUT2D eigenvalue weighted by molar-refractivity contribution is 6.51. The first-order valence-corrected chi connectivity index (χ1v) is 8.34. The van der Waals surface area contributed by atoms with E-state index in [2.05, 4.69) is 10.5 Å². The van der Waals surface area contributed by atoms with Crippen LogP contribution in [0.1, 0.15) is 39.2 Å². The van der Waals surface area contributed by atoms with Gasteiger partial charge in [-0.15, -0.1) is 0 Å². The predicted molar refractivity (Wildman–Crippen MR) is 92.6 cm³/mol. The van der Waals surface area contributed by atoms with Gasteiger partial charge < -0.3 is 10.5 Å². The fraction of sp³-hybridized carbons (Fsp3) is 0.500. The standard InChI is InChI=1S/C18H21ClN2O3/c1-10-9-11(19)5-6-12(10)20-15(23)18-8-7-17(4,16(18,2)3)13(21-24)14(18)22/h5-6,9,24H,7-8H2,1-4H3,(H,20,23)/b21-13+. The Kier molecular flexibility index (Phi) is 3.57. The van der Waals surface area contributed by atoms with E-state index in [1.165, 1.54) is 0 Å². The Balaban J connectivity index is 2.04. The highest BCUT2D eigenvalue weighted by Gasteiger charge is 2.76. The zero-order valence-electron chi connectivity index (χ0n) is 14.2. The summed E-state index contributed by atoms with van der Waals surface area (Å²) < 4.78 is 0. The van der Waals surface area contributed by atoms with Gasteiger partial charge in [0.15, 0.2) is 5.78 Å². The summed E-state index contributed by atoms with van der Waals surface area (Å²) >= 11 is 5.96. The molecule has 1 aromatic carbocycles. The van der Waals surface area contributed by atoms with Gasteiger partial charge in [0.25, 0.3) is 0 Å². The Morgan fingerprint density at radius 1 is 1.29 bits per heavy atom. The van der Waals surface area contributed by atoms with Crippen LogP contribution in [-0.2, 0) is 9.59 Å². The number of nitrogens with zero attached hydrogens (tertiary/aromatic N) is 1. The minimum Gasteiger partial charge on any atom is -0.411 e. The van der Waals surface area contributed by atoms with E-state index in [1.807, 2.05) is 27.7 Å². The smallest absolute Gasteiger partial charge is 0.239 e. The van der Waals surface area contributed by atoms with Crippen LogP contribution in [0.25, 0.3) is 0 Å². The van der Waals surface area contributed by atoms with Crippen LogP contribution in [0.4, 0.5) is 5.69 Å². The SMILES string of the molecule is Cc1cc(Cl)ccc1NC(=O)C12CCC(C)(/C(=N/O)C1=O)C2(C)C. The fourth-order valence-corrected chi connectivity index (χ4v) is 4.68. The van der Waals surface area contributed by atoms with Crippen LogP contribution < -0.4 is 5.32 Å². The predicted octanol–water partition coefficient (Wildman–Crippen LogP) is 3.81. The summed E-state index contributed by atoms with van der Waals surface area (Å²) in [6, 6.07) is 5.19. The molecule has 2 N–H and O–H groups in total. The monoisotopic (exact) mass is 348 g/mol. The van der Waals surface area contributed by atoms with E-state index in [9.17, 15) is 14.8 Å². The summed E-state index contributed by atoms with van der Waals surface area (Å²) in [7, 11) is 0. The number of aryl methyl sites for hydroxylation is 1. The van der Waals surface area contributed by atoms with E-state index >= 15 is 0 Å². The van der Waals surface area contributed by atoms with Crippen molar-refractivity contribution in [3.05, 3.63) is 28.8 Å². The molecular weight excluding hydrogens is 328 g/mol. The summed E-state index contributed by atoms with van der Waals surface area (Å²) in [5, 5.41) is 16.1. The zero-order chi connectivity index (χ0) is 17.9. The number of oxime groups is 1. The third-order valence-electron chi connectivity index (χ3n) is 6.50. The first-order chi connectivity index (χ1) is 11.1. The topological polar surface area (TPSA) is 78.8 Å². The molecule has 2 aliphatic carbocycles. The lowest BCUT2D eigenvalue weighted by atomic mass is 9.64. The maximum absolute atomic E-state index is 13.2. The van der Waals surface area contributed by atoms with Gasteiger partial charge in [0.1, 0.15) is 11.1 Å². The Bertz CT molecular complexity index is 786. The number of fused-ring (bicyclic) bond motifs is 2. The molecule has 2 unspecified atom stereocenters. The molecule has 2 fully saturated rings. The molecule has 0 saturated heterocycles. The van der Waals surface area contributed by atoms with Crippen molar-refractivity contribution >= 4 is 34.7 Å². The van der Waals surface area contributed by atoms with E-state index in [0.29, 0.717) is 23.6 Å². The molecule has 128 valence electrons. The maximum atomic E-state index is 13.2. The Labute approximate surface area is 146 Å². The van der Waals surface area contributed by atoms with Crippen LogP contribution in [0.3, 0.4) is 0 Å². The quantitative estimate of drug-likeness (QED) is 0.484.